The monoisotopic (exact) mass is 244 g/mol. The van der Waals surface area contributed by atoms with E-state index in [1.807, 2.05) is 20.8 Å². The third kappa shape index (κ3) is 2.74. The van der Waals surface area contributed by atoms with Crippen LogP contribution in [-0.2, 0) is 11.3 Å². The number of benzene rings is 1. The molecule has 0 aliphatic rings. The van der Waals surface area contributed by atoms with Crippen molar-refractivity contribution in [3.05, 3.63) is 41.5 Å². The fourth-order valence-corrected chi connectivity index (χ4v) is 2.02. The van der Waals surface area contributed by atoms with E-state index in [4.69, 9.17) is 0 Å². The van der Waals surface area contributed by atoms with Gasteiger partial charge < -0.3 is 5.32 Å². The summed E-state index contributed by atoms with van der Waals surface area (Å²) in [5.74, 6) is -0.101. The van der Waals surface area contributed by atoms with E-state index in [0.29, 0.717) is 0 Å². The summed E-state index contributed by atoms with van der Waals surface area (Å²) in [7, 11) is 0. The fraction of sp³-hybridized carbons (Fsp3) is 0.308. The van der Waals surface area contributed by atoms with Crippen LogP contribution in [0.25, 0.3) is 0 Å². The Hall–Kier alpha value is -2.17. The maximum absolute atomic E-state index is 11.9. The molecule has 2 rings (SSSR count). The van der Waals surface area contributed by atoms with E-state index in [9.17, 15) is 4.79 Å². The average Bonchev–Trinajstić information content (AvgIpc) is 2.76. The lowest BCUT2D eigenvalue weighted by atomic mass is 10.1. The first-order valence-electron chi connectivity index (χ1n) is 5.76. The summed E-state index contributed by atoms with van der Waals surface area (Å²) in [4.78, 5) is 15.7. The van der Waals surface area contributed by atoms with Crippen LogP contribution in [0, 0.1) is 20.8 Å². The van der Waals surface area contributed by atoms with Crippen LogP contribution in [0.15, 0.2) is 24.8 Å². The molecule has 1 aromatic heterocycles. The predicted octanol–water partition coefficient (Wildman–Crippen LogP) is 1.84. The van der Waals surface area contributed by atoms with Crippen molar-refractivity contribution in [3.63, 3.8) is 0 Å². The van der Waals surface area contributed by atoms with E-state index in [-0.39, 0.29) is 12.5 Å². The zero-order valence-corrected chi connectivity index (χ0v) is 10.8. The normalized spacial score (nSPS) is 10.4. The molecule has 0 radical (unpaired) electrons. The van der Waals surface area contributed by atoms with Gasteiger partial charge in [0.2, 0.25) is 5.91 Å². The Bertz CT molecular complexity index is 537. The SMILES string of the molecule is Cc1cc(C)c(NC(=O)Cn2cncn2)c(C)c1. The van der Waals surface area contributed by atoms with Gasteiger partial charge in [-0.25, -0.2) is 9.67 Å². The molecule has 0 saturated heterocycles. The molecule has 2 aromatic rings. The molecule has 0 bridgehead atoms. The summed E-state index contributed by atoms with van der Waals surface area (Å²) in [5, 5.41) is 6.82. The Morgan fingerprint density at radius 3 is 2.50 bits per heavy atom. The molecule has 1 N–H and O–H groups in total. The zero-order chi connectivity index (χ0) is 13.1. The van der Waals surface area contributed by atoms with Crippen molar-refractivity contribution in [3.8, 4) is 0 Å². The first-order valence-corrected chi connectivity index (χ1v) is 5.76. The smallest absolute Gasteiger partial charge is 0.246 e. The standard InChI is InChI=1S/C13H16N4O/c1-9-4-10(2)13(11(3)5-9)16-12(18)6-17-8-14-7-15-17/h4-5,7-8H,6H2,1-3H3,(H,16,18). The molecule has 5 nitrogen and oxygen atoms in total. The van der Waals surface area contributed by atoms with Gasteiger partial charge in [0.25, 0.3) is 0 Å². The fourth-order valence-electron chi connectivity index (χ4n) is 2.02. The molecule has 18 heavy (non-hydrogen) atoms. The molecule has 0 atom stereocenters. The van der Waals surface area contributed by atoms with E-state index in [1.165, 1.54) is 22.9 Å². The second-order valence-electron chi connectivity index (χ2n) is 4.41. The molecular formula is C13H16N4O. The van der Waals surface area contributed by atoms with Gasteiger partial charge in [0, 0.05) is 5.69 Å². The van der Waals surface area contributed by atoms with Gasteiger partial charge in [0.15, 0.2) is 0 Å². The summed E-state index contributed by atoms with van der Waals surface area (Å²) in [6.07, 6.45) is 2.93. The Kier molecular flexibility index (Phi) is 3.41. The quantitative estimate of drug-likeness (QED) is 0.896. The minimum atomic E-state index is -0.101. The van der Waals surface area contributed by atoms with Crippen LogP contribution >= 0.6 is 0 Å². The maximum atomic E-state index is 11.9. The van der Waals surface area contributed by atoms with Crippen molar-refractivity contribution >= 4 is 11.6 Å². The van der Waals surface area contributed by atoms with Crippen LogP contribution in [0.3, 0.4) is 0 Å². The van der Waals surface area contributed by atoms with E-state index in [0.717, 1.165) is 16.8 Å². The molecule has 0 aliphatic heterocycles. The molecule has 0 saturated carbocycles. The molecule has 94 valence electrons. The summed E-state index contributed by atoms with van der Waals surface area (Å²) >= 11 is 0. The van der Waals surface area contributed by atoms with Crippen LogP contribution in [0.2, 0.25) is 0 Å². The zero-order valence-electron chi connectivity index (χ0n) is 10.8. The van der Waals surface area contributed by atoms with Gasteiger partial charge in [0.05, 0.1) is 0 Å². The minimum absolute atomic E-state index is 0.101. The Balaban J connectivity index is 2.12. The third-order valence-corrected chi connectivity index (χ3v) is 2.71. The molecule has 5 heteroatoms. The lowest BCUT2D eigenvalue weighted by Gasteiger charge is -2.12. The predicted molar refractivity (Wildman–Crippen MR) is 69.3 cm³/mol. The Morgan fingerprint density at radius 1 is 1.28 bits per heavy atom. The molecule has 1 amide bonds. The molecular weight excluding hydrogens is 228 g/mol. The van der Waals surface area contributed by atoms with Gasteiger partial charge in [-0.3, -0.25) is 4.79 Å². The summed E-state index contributed by atoms with van der Waals surface area (Å²) in [6.45, 7) is 6.20. The number of hydrogen-bond acceptors (Lipinski definition) is 3. The second-order valence-corrected chi connectivity index (χ2v) is 4.41. The highest BCUT2D eigenvalue weighted by Gasteiger charge is 2.08. The summed E-state index contributed by atoms with van der Waals surface area (Å²) in [6, 6.07) is 4.11. The van der Waals surface area contributed by atoms with E-state index < -0.39 is 0 Å². The Labute approximate surface area is 106 Å². The summed E-state index contributed by atoms with van der Waals surface area (Å²) < 4.78 is 1.49. The highest BCUT2D eigenvalue weighted by atomic mass is 16.2. The highest BCUT2D eigenvalue weighted by Crippen LogP contribution is 2.21. The Morgan fingerprint density at radius 2 is 1.94 bits per heavy atom. The van der Waals surface area contributed by atoms with Gasteiger partial charge in [-0.05, 0) is 31.9 Å². The average molecular weight is 244 g/mol. The van der Waals surface area contributed by atoms with Crippen LogP contribution in [0.4, 0.5) is 5.69 Å². The van der Waals surface area contributed by atoms with Gasteiger partial charge in [-0.15, -0.1) is 0 Å². The van der Waals surface area contributed by atoms with Crippen molar-refractivity contribution in [2.75, 3.05) is 5.32 Å². The maximum Gasteiger partial charge on any atom is 0.246 e. The van der Waals surface area contributed by atoms with Crippen LogP contribution in [0.5, 0.6) is 0 Å². The van der Waals surface area contributed by atoms with Crippen molar-refractivity contribution in [2.45, 2.75) is 27.3 Å². The lowest BCUT2D eigenvalue weighted by molar-refractivity contribution is -0.116. The van der Waals surface area contributed by atoms with E-state index in [1.54, 1.807) is 0 Å². The largest absolute Gasteiger partial charge is 0.324 e. The van der Waals surface area contributed by atoms with Crippen LogP contribution < -0.4 is 5.32 Å². The number of amides is 1. The van der Waals surface area contributed by atoms with Gasteiger partial charge in [0.1, 0.15) is 19.2 Å². The topological polar surface area (TPSA) is 59.8 Å². The lowest BCUT2D eigenvalue weighted by Crippen LogP contribution is -2.20. The van der Waals surface area contributed by atoms with Crippen LogP contribution in [-0.4, -0.2) is 20.7 Å². The first-order chi connectivity index (χ1) is 8.56. The van der Waals surface area contributed by atoms with Crippen molar-refractivity contribution < 1.29 is 4.79 Å². The van der Waals surface area contributed by atoms with E-state index >= 15 is 0 Å². The molecule has 0 spiro atoms. The number of aryl methyl sites for hydroxylation is 3. The summed E-state index contributed by atoms with van der Waals surface area (Å²) in [5.41, 5.74) is 4.21. The molecule has 0 fully saturated rings. The molecule has 0 unspecified atom stereocenters. The molecule has 1 heterocycles. The minimum Gasteiger partial charge on any atom is -0.324 e. The molecule has 1 aromatic carbocycles. The van der Waals surface area contributed by atoms with Crippen molar-refractivity contribution in [1.29, 1.82) is 0 Å². The van der Waals surface area contributed by atoms with Gasteiger partial charge in [-0.2, -0.15) is 5.10 Å². The highest BCUT2D eigenvalue weighted by molar-refractivity contribution is 5.92. The number of hydrogen-bond donors (Lipinski definition) is 1. The number of nitrogens with one attached hydrogen (secondary N) is 1. The van der Waals surface area contributed by atoms with Crippen LogP contribution in [0.1, 0.15) is 16.7 Å². The van der Waals surface area contributed by atoms with Gasteiger partial charge in [-0.1, -0.05) is 17.7 Å². The van der Waals surface area contributed by atoms with Crippen molar-refractivity contribution in [2.24, 2.45) is 0 Å². The van der Waals surface area contributed by atoms with Crippen molar-refractivity contribution in [1.82, 2.24) is 14.8 Å². The number of carbonyl (C=O) groups is 1. The molecule has 0 aliphatic carbocycles. The first kappa shape index (κ1) is 12.3. The number of aromatic nitrogens is 3. The number of nitrogens with zero attached hydrogens (tertiary/aromatic N) is 3. The number of rotatable bonds is 3. The second kappa shape index (κ2) is 5.00. The third-order valence-electron chi connectivity index (χ3n) is 2.71. The number of carbonyl (C=O) groups excluding carboxylic acids is 1. The number of anilines is 1. The van der Waals surface area contributed by atoms with Gasteiger partial charge >= 0.3 is 0 Å². The van der Waals surface area contributed by atoms with E-state index in [2.05, 4.69) is 27.5 Å².